The average Bonchev–Trinajstić information content (AvgIpc) is 3.16. The highest BCUT2D eigenvalue weighted by Crippen LogP contribution is 2.22. The van der Waals surface area contributed by atoms with Crippen molar-refractivity contribution in [3.63, 3.8) is 0 Å². The molecule has 0 saturated heterocycles. The number of carbonyl (C=O) groups excluding carboxylic acids is 2. The molecule has 0 radical (unpaired) electrons. The lowest BCUT2D eigenvalue weighted by atomic mass is 9.89. The monoisotopic (exact) mass is 341 g/mol. The average molecular weight is 341 g/mol. The Morgan fingerprint density at radius 2 is 1.84 bits per heavy atom. The van der Waals surface area contributed by atoms with Gasteiger partial charge >= 0.3 is 0 Å². The molecule has 1 heterocycles. The van der Waals surface area contributed by atoms with Crippen LogP contribution < -0.4 is 5.32 Å². The summed E-state index contributed by atoms with van der Waals surface area (Å²) in [6.07, 6.45) is 7.53. The number of nitrogens with one attached hydrogen (secondary N) is 1. The number of carbonyl (C=O) groups is 2. The Balaban J connectivity index is 1.40. The first-order valence-corrected chi connectivity index (χ1v) is 9.42. The third-order valence-corrected chi connectivity index (χ3v) is 5.08. The second kappa shape index (κ2) is 8.79. The Bertz CT molecular complexity index is 621. The van der Waals surface area contributed by atoms with Crippen molar-refractivity contribution in [2.24, 2.45) is 11.0 Å². The Morgan fingerprint density at radius 1 is 1.08 bits per heavy atom. The van der Waals surface area contributed by atoms with Gasteiger partial charge in [0.1, 0.15) is 0 Å². The smallest absolute Gasteiger partial charge is 0.243 e. The van der Waals surface area contributed by atoms with Crippen LogP contribution in [-0.4, -0.2) is 35.6 Å². The fraction of sp³-hybridized carbons (Fsp3) is 0.550. The molecule has 25 heavy (non-hydrogen) atoms. The van der Waals surface area contributed by atoms with Gasteiger partial charge in [0, 0.05) is 25.8 Å². The van der Waals surface area contributed by atoms with Crippen LogP contribution in [0.1, 0.15) is 56.9 Å². The summed E-state index contributed by atoms with van der Waals surface area (Å²) in [7, 11) is 0. The second-order valence-electron chi connectivity index (χ2n) is 6.99. The predicted molar refractivity (Wildman–Crippen MR) is 98.1 cm³/mol. The van der Waals surface area contributed by atoms with E-state index in [2.05, 4.69) is 10.4 Å². The third kappa shape index (κ3) is 5.15. The summed E-state index contributed by atoms with van der Waals surface area (Å²) in [6.45, 7) is 1.36. The highest BCUT2D eigenvalue weighted by atomic mass is 16.2. The van der Waals surface area contributed by atoms with Crippen LogP contribution in [0, 0.1) is 5.92 Å². The normalized spacial score (nSPS) is 18.1. The lowest BCUT2D eigenvalue weighted by Crippen LogP contribution is -2.31. The topological polar surface area (TPSA) is 61.8 Å². The first-order valence-electron chi connectivity index (χ1n) is 9.42. The highest BCUT2D eigenvalue weighted by Gasteiger charge is 2.22. The van der Waals surface area contributed by atoms with E-state index >= 15 is 0 Å². The van der Waals surface area contributed by atoms with Gasteiger partial charge in [0.25, 0.3) is 0 Å². The Labute approximate surface area is 149 Å². The zero-order chi connectivity index (χ0) is 17.5. The van der Waals surface area contributed by atoms with Gasteiger partial charge in [-0.05, 0) is 24.3 Å². The molecular weight excluding hydrogens is 314 g/mol. The molecule has 134 valence electrons. The van der Waals surface area contributed by atoms with Gasteiger partial charge in [-0.2, -0.15) is 5.10 Å². The van der Waals surface area contributed by atoms with Crippen molar-refractivity contribution in [2.75, 3.05) is 13.1 Å². The molecule has 1 aromatic carbocycles. The van der Waals surface area contributed by atoms with Crippen LogP contribution >= 0.6 is 0 Å². The van der Waals surface area contributed by atoms with Gasteiger partial charge in [0.05, 0.1) is 12.3 Å². The largest absolute Gasteiger partial charge is 0.356 e. The molecule has 0 aromatic heterocycles. The highest BCUT2D eigenvalue weighted by molar-refractivity contribution is 6.02. The Morgan fingerprint density at radius 3 is 2.60 bits per heavy atom. The van der Waals surface area contributed by atoms with E-state index in [1.807, 2.05) is 30.3 Å². The van der Waals surface area contributed by atoms with Crippen LogP contribution in [0.4, 0.5) is 0 Å². The van der Waals surface area contributed by atoms with Crippen molar-refractivity contribution >= 4 is 17.5 Å². The lowest BCUT2D eigenvalue weighted by molar-refractivity contribution is -0.133. The summed E-state index contributed by atoms with van der Waals surface area (Å²) in [6, 6.07) is 9.92. The summed E-state index contributed by atoms with van der Waals surface area (Å²) < 4.78 is 0. The van der Waals surface area contributed by atoms with Crippen molar-refractivity contribution in [2.45, 2.75) is 51.4 Å². The molecule has 0 atom stereocenters. The zero-order valence-corrected chi connectivity index (χ0v) is 14.7. The van der Waals surface area contributed by atoms with Crippen LogP contribution in [0.25, 0.3) is 0 Å². The van der Waals surface area contributed by atoms with Gasteiger partial charge in [-0.1, -0.05) is 49.6 Å². The fourth-order valence-corrected chi connectivity index (χ4v) is 3.56. The van der Waals surface area contributed by atoms with Crippen molar-refractivity contribution < 1.29 is 9.59 Å². The number of hydrogen-bond donors (Lipinski definition) is 1. The quantitative estimate of drug-likeness (QED) is 0.864. The maximum absolute atomic E-state index is 12.3. The minimum atomic E-state index is -0.0706. The van der Waals surface area contributed by atoms with Crippen molar-refractivity contribution in [1.29, 1.82) is 0 Å². The van der Waals surface area contributed by atoms with Crippen LogP contribution in [0.2, 0.25) is 0 Å². The van der Waals surface area contributed by atoms with Gasteiger partial charge in [-0.3, -0.25) is 9.59 Å². The van der Waals surface area contributed by atoms with Gasteiger partial charge in [-0.25, -0.2) is 5.01 Å². The number of amides is 2. The number of nitrogens with zero attached hydrogens (tertiary/aromatic N) is 2. The van der Waals surface area contributed by atoms with E-state index in [4.69, 9.17) is 0 Å². The minimum absolute atomic E-state index is 0.0228. The van der Waals surface area contributed by atoms with E-state index < -0.39 is 0 Å². The summed E-state index contributed by atoms with van der Waals surface area (Å²) in [5.74, 6) is 0.522. The van der Waals surface area contributed by atoms with Crippen LogP contribution in [-0.2, 0) is 9.59 Å². The fourth-order valence-electron chi connectivity index (χ4n) is 3.56. The van der Waals surface area contributed by atoms with E-state index in [1.165, 1.54) is 37.1 Å². The van der Waals surface area contributed by atoms with Gasteiger partial charge in [-0.15, -0.1) is 0 Å². The van der Waals surface area contributed by atoms with Gasteiger partial charge < -0.3 is 5.32 Å². The summed E-state index contributed by atoms with van der Waals surface area (Å²) >= 11 is 0. The van der Waals surface area contributed by atoms with Crippen LogP contribution in [0.3, 0.4) is 0 Å². The lowest BCUT2D eigenvalue weighted by Gasteiger charge is -2.21. The van der Waals surface area contributed by atoms with Gasteiger partial charge in [0.15, 0.2) is 0 Å². The standard InChI is InChI=1S/C20H27N3O2/c24-19(21-15-16-7-3-1-4-8-16)11-12-20(25)23-14-13-18(22-23)17-9-5-2-6-10-17/h2,5-6,9-10,16H,1,3-4,7-8,11-15H2,(H,21,24). The van der Waals surface area contributed by atoms with E-state index in [9.17, 15) is 9.59 Å². The molecule has 5 nitrogen and oxygen atoms in total. The first kappa shape index (κ1) is 17.6. The Kier molecular flexibility index (Phi) is 6.20. The van der Waals surface area contributed by atoms with Crippen LogP contribution in [0.15, 0.2) is 35.4 Å². The molecule has 2 aliphatic rings. The molecule has 1 fully saturated rings. The van der Waals surface area contributed by atoms with E-state index in [0.717, 1.165) is 24.2 Å². The van der Waals surface area contributed by atoms with Crippen molar-refractivity contribution in [3.05, 3.63) is 35.9 Å². The molecular formula is C20H27N3O2. The molecule has 1 N–H and O–H groups in total. The van der Waals surface area contributed by atoms with Crippen molar-refractivity contribution in [3.8, 4) is 0 Å². The summed E-state index contributed by atoms with van der Waals surface area (Å²) in [4.78, 5) is 24.2. The third-order valence-electron chi connectivity index (χ3n) is 5.08. The first-order chi connectivity index (χ1) is 12.2. The van der Waals surface area contributed by atoms with E-state index in [0.29, 0.717) is 12.5 Å². The van der Waals surface area contributed by atoms with E-state index in [1.54, 1.807) is 0 Å². The zero-order valence-electron chi connectivity index (χ0n) is 14.7. The van der Waals surface area contributed by atoms with Crippen molar-refractivity contribution in [1.82, 2.24) is 10.3 Å². The van der Waals surface area contributed by atoms with Crippen LogP contribution in [0.5, 0.6) is 0 Å². The van der Waals surface area contributed by atoms with Gasteiger partial charge in [0.2, 0.25) is 11.8 Å². The molecule has 0 unspecified atom stereocenters. The molecule has 1 saturated carbocycles. The Hall–Kier alpha value is -2.17. The number of rotatable bonds is 6. The number of hydrazone groups is 1. The SMILES string of the molecule is O=C(CCC(=O)N1CCC(c2ccccc2)=N1)NCC1CCCCC1. The molecule has 1 aromatic rings. The molecule has 1 aliphatic carbocycles. The molecule has 5 heteroatoms. The molecule has 1 aliphatic heterocycles. The molecule has 2 amide bonds. The maximum atomic E-state index is 12.3. The number of benzene rings is 1. The maximum Gasteiger partial charge on any atom is 0.243 e. The predicted octanol–water partition coefficient (Wildman–Crippen LogP) is 3.10. The minimum Gasteiger partial charge on any atom is -0.356 e. The molecule has 3 rings (SSSR count). The summed E-state index contributed by atoms with van der Waals surface area (Å²) in [5.41, 5.74) is 2.00. The molecule has 0 spiro atoms. The van der Waals surface area contributed by atoms with E-state index in [-0.39, 0.29) is 24.7 Å². The summed E-state index contributed by atoms with van der Waals surface area (Å²) in [5, 5.41) is 8.92. The second-order valence-corrected chi connectivity index (χ2v) is 6.99. The number of hydrogen-bond acceptors (Lipinski definition) is 3. The molecule has 0 bridgehead atoms.